The Bertz CT molecular complexity index is 326. The Labute approximate surface area is 106 Å². The normalized spacial score (nSPS) is 12.2. The number of carbonyl (C=O) groups is 1. The van der Waals surface area contributed by atoms with Crippen LogP contribution in [0, 0.1) is 0 Å². The monoisotopic (exact) mass is 283 g/mol. The molecule has 0 aliphatic carbocycles. The molecule has 1 amide bonds. The summed E-state index contributed by atoms with van der Waals surface area (Å²) in [6.45, 7) is 5.71. The van der Waals surface area contributed by atoms with Gasteiger partial charge in [0, 0.05) is 13.1 Å². The van der Waals surface area contributed by atoms with Crippen LogP contribution in [0.5, 0.6) is 0 Å². The molecule has 1 unspecified atom stereocenters. The fourth-order valence-electron chi connectivity index (χ4n) is 1.71. The van der Waals surface area contributed by atoms with E-state index in [1.807, 2.05) is 30.0 Å². The van der Waals surface area contributed by atoms with Gasteiger partial charge in [0.1, 0.15) is 0 Å². The number of amides is 1. The van der Waals surface area contributed by atoms with Gasteiger partial charge in [-0.05, 0) is 18.4 Å². The molecule has 0 aliphatic heterocycles. The predicted octanol–water partition coefficient (Wildman–Crippen LogP) is 3.03. The molecule has 0 aromatic heterocycles. The number of hydrogen-bond acceptors (Lipinski definition) is 1. The predicted molar refractivity (Wildman–Crippen MR) is 70.9 cm³/mol. The van der Waals surface area contributed by atoms with Gasteiger partial charge < -0.3 is 4.90 Å². The molecule has 0 spiro atoms. The molecule has 1 aromatic carbocycles. The standard InChI is InChI=1S/C13H18BrNO/c1-3-15(13(16)9-14)10-11(2)12-7-5-4-6-8-12/h4-8,11H,3,9-10H2,1-2H3. The third-order valence-corrected chi connectivity index (χ3v) is 3.19. The number of nitrogens with zero attached hydrogens (tertiary/aromatic N) is 1. The summed E-state index contributed by atoms with van der Waals surface area (Å²) in [5.41, 5.74) is 1.28. The van der Waals surface area contributed by atoms with Crippen LogP contribution in [0.2, 0.25) is 0 Å². The molecule has 0 radical (unpaired) electrons. The van der Waals surface area contributed by atoms with Crippen molar-refractivity contribution in [3.05, 3.63) is 35.9 Å². The van der Waals surface area contributed by atoms with Crippen LogP contribution in [0.4, 0.5) is 0 Å². The summed E-state index contributed by atoms with van der Waals surface area (Å²) in [5, 5.41) is 0.405. The summed E-state index contributed by atoms with van der Waals surface area (Å²) in [6.07, 6.45) is 0. The quantitative estimate of drug-likeness (QED) is 0.761. The maximum Gasteiger partial charge on any atom is 0.233 e. The van der Waals surface area contributed by atoms with Gasteiger partial charge in [-0.1, -0.05) is 53.2 Å². The molecule has 16 heavy (non-hydrogen) atoms. The lowest BCUT2D eigenvalue weighted by Crippen LogP contribution is -2.34. The summed E-state index contributed by atoms with van der Waals surface area (Å²) in [4.78, 5) is 13.5. The molecule has 3 heteroatoms. The zero-order chi connectivity index (χ0) is 12.0. The summed E-state index contributed by atoms with van der Waals surface area (Å²) in [7, 11) is 0. The second kappa shape index (κ2) is 6.69. The lowest BCUT2D eigenvalue weighted by molar-refractivity contribution is -0.128. The van der Waals surface area contributed by atoms with Crippen molar-refractivity contribution < 1.29 is 4.79 Å². The molecule has 0 saturated carbocycles. The number of benzene rings is 1. The van der Waals surface area contributed by atoms with Gasteiger partial charge in [0.05, 0.1) is 5.33 Å². The third-order valence-electron chi connectivity index (χ3n) is 2.71. The molecule has 0 heterocycles. The van der Waals surface area contributed by atoms with Crippen molar-refractivity contribution in [2.45, 2.75) is 19.8 Å². The molecular formula is C13H18BrNO. The Morgan fingerprint density at radius 1 is 1.38 bits per heavy atom. The summed E-state index contributed by atoms with van der Waals surface area (Å²) < 4.78 is 0. The molecule has 88 valence electrons. The van der Waals surface area contributed by atoms with Crippen LogP contribution in [-0.2, 0) is 4.79 Å². The van der Waals surface area contributed by atoms with E-state index in [9.17, 15) is 4.79 Å². The van der Waals surface area contributed by atoms with Gasteiger partial charge in [0.25, 0.3) is 0 Å². The van der Waals surface area contributed by atoms with Crippen LogP contribution >= 0.6 is 15.9 Å². The van der Waals surface area contributed by atoms with Crippen molar-refractivity contribution in [3.63, 3.8) is 0 Å². The highest BCUT2D eigenvalue weighted by atomic mass is 79.9. The van der Waals surface area contributed by atoms with Crippen LogP contribution < -0.4 is 0 Å². The Kier molecular flexibility index (Phi) is 5.53. The van der Waals surface area contributed by atoms with E-state index in [0.717, 1.165) is 13.1 Å². The van der Waals surface area contributed by atoms with Crippen LogP contribution in [0.1, 0.15) is 25.3 Å². The highest BCUT2D eigenvalue weighted by Gasteiger charge is 2.14. The van der Waals surface area contributed by atoms with Crippen molar-refractivity contribution >= 4 is 21.8 Å². The average Bonchev–Trinajstić information content (AvgIpc) is 2.35. The minimum absolute atomic E-state index is 0.158. The van der Waals surface area contributed by atoms with Crippen LogP contribution in [-0.4, -0.2) is 29.2 Å². The number of carbonyl (C=O) groups excluding carboxylic acids is 1. The third kappa shape index (κ3) is 3.63. The largest absolute Gasteiger partial charge is 0.342 e. The number of rotatable bonds is 5. The van der Waals surface area contributed by atoms with Gasteiger partial charge >= 0.3 is 0 Å². The van der Waals surface area contributed by atoms with E-state index in [4.69, 9.17) is 0 Å². The molecular weight excluding hydrogens is 266 g/mol. The van der Waals surface area contributed by atoms with Crippen molar-refractivity contribution in [3.8, 4) is 0 Å². The zero-order valence-electron chi connectivity index (χ0n) is 9.82. The maximum absolute atomic E-state index is 11.6. The second-order valence-corrected chi connectivity index (χ2v) is 4.44. The first-order chi connectivity index (χ1) is 7.69. The van der Waals surface area contributed by atoms with Gasteiger partial charge in [0.2, 0.25) is 5.91 Å². The fraction of sp³-hybridized carbons (Fsp3) is 0.462. The smallest absolute Gasteiger partial charge is 0.233 e. The minimum atomic E-state index is 0.158. The van der Waals surface area contributed by atoms with E-state index in [2.05, 4.69) is 35.0 Å². The van der Waals surface area contributed by atoms with Gasteiger partial charge in [-0.15, -0.1) is 0 Å². The van der Waals surface area contributed by atoms with Crippen LogP contribution in [0.15, 0.2) is 30.3 Å². The van der Waals surface area contributed by atoms with E-state index in [1.165, 1.54) is 5.56 Å². The molecule has 0 aliphatic rings. The van der Waals surface area contributed by atoms with E-state index >= 15 is 0 Å². The first kappa shape index (κ1) is 13.2. The van der Waals surface area contributed by atoms with Crippen molar-refractivity contribution in [1.29, 1.82) is 0 Å². The Morgan fingerprint density at radius 3 is 2.50 bits per heavy atom. The molecule has 0 fully saturated rings. The highest BCUT2D eigenvalue weighted by Crippen LogP contribution is 2.16. The Hall–Kier alpha value is -0.830. The van der Waals surface area contributed by atoms with Crippen molar-refractivity contribution in [1.82, 2.24) is 4.90 Å². The molecule has 2 nitrogen and oxygen atoms in total. The zero-order valence-corrected chi connectivity index (χ0v) is 11.4. The molecule has 0 saturated heterocycles. The highest BCUT2D eigenvalue weighted by molar-refractivity contribution is 9.09. The van der Waals surface area contributed by atoms with E-state index in [-0.39, 0.29) is 5.91 Å². The van der Waals surface area contributed by atoms with E-state index in [1.54, 1.807) is 0 Å². The van der Waals surface area contributed by atoms with Crippen LogP contribution in [0.25, 0.3) is 0 Å². The van der Waals surface area contributed by atoms with Gasteiger partial charge in [-0.2, -0.15) is 0 Å². The number of halogens is 1. The first-order valence-electron chi connectivity index (χ1n) is 5.57. The molecule has 0 bridgehead atoms. The Morgan fingerprint density at radius 2 is 2.00 bits per heavy atom. The topological polar surface area (TPSA) is 20.3 Å². The Balaban J connectivity index is 2.62. The molecule has 1 atom stereocenters. The SMILES string of the molecule is CCN(CC(C)c1ccccc1)C(=O)CBr. The summed E-state index contributed by atoms with van der Waals surface area (Å²) >= 11 is 3.21. The minimum Gasteiger partial charge on any atom is -0.342 e. The lowest BCUT2D eigenvalue weighted by atomic mass is 10.0. The first-order valence-corrected chi connectivity index (χ1v) is 6.69. The number of hydrogen-bond donors (Lipinski definition) is 0. The summed E-state index contributed by atoms with van der Waals surface area (Å²) in [6, 6.07) is 10.3. The number of likely N-dealkylation sites (N-methyl/N-ethyl adjacent to an activating group) is 1. The number of alkyl halides is 1. The van der Waals surface area contributed by atoms with Gasteiger partial charge in [-0.3, -0.25) is 4.79 Å². The van der Waals surface area contributed by atoms with E-state index < -0.39 is 0 Å². The molecule has 1 rings (SSSR count). The average molecular weight is 284 g/mol. The second-order valence-electron chi connectivity index (χ2n) is 3.88. The van der Waals surface area contributed by atoms with E-state index in [0.29, 0.717) is 11.2 Å². The summed E-state index contributed by atoms with van der Waals surface area (Å²) in [5.74, 6) is 0.537. The van der Waals surface area contributed by atoms with Crippen molar-refractivity contribution in [2.24, 2.45) is 0 Å². The fourth-order valence-corrected chi connectivity index (χ4v) is 2.06. The van der Waals surface area contributed by atoms with Crippen molar-refractivity contribution in [2.75, 3.05) is 18.4 Å². The van der Waals surface area contributed by atoms with Crippen LogP contribution in [0.3, 0.4) is 0 Å². The maximum atomic E-state index is 11.6. The van der Waals surface area contributed by atoms with Gasteiger partial charge in [-0.25, -0.2) is 0 Å². The molecule has 1 aromatic rings. The molecule has 0 N–H and O–H groups in total. The van der Waals surface area contributed by atoms with Gasteiger partial charge in [0.15, 0.2) is 0 Å². The lowest BCUT2D eigenvalue weighted by Gasteiger charge is -2.24.